The fraction of sp³-hybridized carbons (Fsp3) is 0.188. The Morgan fingerprint density at radius 2 is 1.89 bits per heavy atom. The molecule has 0 saturated carbocycles. The Labute approximate surface area is 121 Å². The monoisotopic (exact) mass is 315 g/mol. The Hall–Kier alpha value is -1.61. The Morgan fingerprint density at radius 3 is 2.74 bits per heavy atom. The number of hydrogen-bond acceptors (Lipinski definition) is 2. The zero-order valence-corrected chi connectivity index (χ0v) is 12.1. The van der Waals surface area contributed by atoms with Crippen molar-refractivity contribution in [1.82, 2.24) is 0 Å². The maximum Gasteiger partial charge on any atom is 0.142 e. The van der Waals surface area contributed by atoms with Gasteiger partial charge in [0.2, 0.25) is 0 Å². The van der Waals surface area contributed by atoms with E-state index in [2.05, 4.69) is 39.3 Å². The molecule has 3 heteroatoms. The molecule has 96 valence electrons. The first-order valence-electron chi connectivity index (χ1n) is 6.34. The van der Waals surface area contributed by atoms with Crippen molar-refractivity contribution in [2.24, 2.45) is 5.16 Å². The van der Waals surface area contributed by atoms with Gasteiger partial charge in [0, 0.05) is 10.0 Å². The molecule has 0 aromatic heterocycles. The molecule has 0 bridgehead atoms. The smallest absolute Gasteiger partial charge is 0.142 e. The van der Waals surface area contributed by atoms with Gasteiger partial charge >= 0.3 is 0 Å². The van der Waals surface area contributed by atoms with E-state index in [1.54, 1.807) is 0 Å². The minimum atomic E-state index is 0.524. The molecule has 1 aliphatic carbocycles. The molecular weight excluding hydrogens is 302 g/mol. The van der Waals surface area contributed by atoms with Crippen LogP contribution in [0.3, 0.4) is 0 Å². The van der Waals surface area contributed by atoms with Gasteiger partial charge < -0.3 is 4.84 Å². The van der Waals surface area contributed by atoms with Gasteiger partial charge in [-0.25, -0.2) is 0 Å². The lowest BCUT2D eigenvalue weighted by molar-refractivity contribution is 0.130. The second kappa shape index (κ2) is 5.57. The van der Waals surface area contributed by atoms with Crippen molar-refractivity contribution in [1.29, 1.82) is 0 Å². The molecule has 0 spiro atoms. The predicted octanol–water partition coefficient (Wildman–Crippen LogP) is 4.32. The Kier molecular flexibility index (Phi) is 3.65. The standard InChI is InChI=1S/C16H14BrNO/c17-14-7-8-15-13(10-14)6-9-16(15)18-19-11-12-4-2-1-3-5-12/h1-5,7-8,10H,6,9,11H2. The molecule has 19 heavy (non-hydrogen) atoms. The summed E-state index contributed by atoms with van der Waals surface area (Å²) in [6.07, 6.45) is 2.00. The number of fused-ring (bicyclic) bond motifs is 1. The molecule has 0 aliphatic heterocycles. The molecule has 2 aromatic rings. The topological polar surface area (TPSA) is 21.6 Å². The van der Waals surface area contributed by atoms with E-state index in [1.165, 1.54) is 11.1 Å². The Balaban J connectivity index is 1.70. The van der Waals surface area contributed by atoms with Crippen molar-refractivity contribution >= 4 is 21.6 Å². The highest BCUT2D eigenvalue weighted by Gasteiger charge is 2.18. The molecule has 0 amide bonds. The van der Waals surface area contributed by atoms with Crippen LogP contribution in [0, 0.1) is 0 Å². The molecule has 0 radical (unpaired) electrons. The number of rotatable bonds is 3. The third kappa shape index (κ3) is 2.87. The summed E-state index contributed by atoms with van der Waals surface area (Å²) in [5.74, 6) is 0. The maximum atomic E-state index is 5.47. The van der Waals surface area contributed by atoms with Crippen molar-refractivity contribution in [3.8, 4) is 0 Å². The fourth-order valence-corrected chi connectivity index (χ4v) is 2.70. The number of aryl methyl sites for hydroxylation is 1. The van der Waals surface area contributed by atoms with Gasteiger partial charge in [-0.05, 0) is 36.1 Å². The third-order valence-corrected chi connectivity index (χ3v) is 3.75. The Morgan fingerprint density at radius 1 is 1.05 bits per heavy atom. The van der Waals surface area contributed by atoms with Crippen molar-refractivity contribution in [3.63, 3.8) is 0 Å². The summed E-state index contributed by atoms with van der Waals surface area (Å²) in [5, 5.41) is 4.29. The van der Waals surface area contributed by atoms with Crippen LogP contribution in [0.25, 0.3) is 0 Å². The summed E-state index contributed by atoms with van der Waals surface area (Å²) in [6.45, 7) is 0.524. The summed E-state index contributed by atoms with van der Waals surface area (Å²) < 4.78 is 1.12. The summed E-state index contributed by atoms with van der Waals surface area (Å²) >= 11 is 3.50. The largest absolute Gasteiger partial charge is 0.391 e. The van der Waals surface area contributed by atoms with Gasteiger partial charge in [0.1, 0.15) is 6.61 Å². The molecule has 1 aliphatic rings. The minimum Gasteiger partial charge on any atom is -0.391 e. The van der Waals surface area contributed by atoms with Crippen LogP contribution in [0.15, 0.2) is 58.2 Å². The van der Waals surface area contributed by atoms with Crippen LogP contribution >= 0.6 is 15.9 Å². The van der Waals surface area contributed by atoms with Crippen molar-refractivity contribution in [2.75, 3.05) is 0 Å². The van der Waals surface area contributed by atoms with E-state index in [-0.39, 0.29) is 0 Å². The van der Waals surface area contributed by atoms with Gasteiger partial charge in [-0.3, -0.25) is 0 Å². The molecule has 0 unspecified atom stereocenters. The second-order valence-corrected chi connectivity index (χ2v) is 5.51. The van der Waals surface area contributed by atoms with Crippen LogP contribution in [-0.4, -0.2) is 5.71 Å². The zero-order valence-electron chi connectivity index (χ0n) is 10.5. The van der Waals surface area contributed by atoms with Gasteiger partial charge in [0.25, 0.3) is 0 Å². The number of hydrogen-bond donors (Lipinski definition) is 0. The summed E-state index contributed by atoms with van der Waals surface area (Å²) in [5.41, 5.74) is 4.76. The van der Waals surface area contributed by atoms with Gasteiger partial charge in [-0.1, -0.05) is 57.5 Å². The van der Waals surface area contributed by atoms with Crippen molar-refractivity contribution in [2.45, 2.75) is 19.4 Å². The van der Waals surface area contributed by atoms with Crippen LogP contribution in [0.4, 0.5) is 0 Å². The van der Waals surface area contributed by atoms with Gasteiger partial charge in [0.05, 0.1) is 5.71 Å². The quantitative estimate of drug-likeness (QED) is 0.773. The van der Waals surface area contributed by atoms with Gasteiger partial charge in [-0.15, -0.1) is 0 Å². The van der Waals surface area contributed by atoms with E-state index < -0.39 is 0 Å². The maximum absolute atomic E-state index is 5.47. The van der Waals surface area contributed by atoms with E-state index in [0.29, 0.717) is 6.61 Å². The van der Waals surface area contributed by atoms with E-state index in [4.69, 9.17) is 4.84 Å². The molecular formula is C16H14BrNO. The average molecular weight is 316 g/mol. The zero-order chi connectivity index (χ0) is 13.1. The molecule has 0 atom stereocenters. The molecule has 0 fully saturated rings. The lowest BCUT2D eigenvalue weighted by atomic mass is 10.1. The highest BCUT2D eigenvalue weighted by molar-refractivity contribution is 9.10. The van der Waals surface area contributed by atoms with E-state index in [0.717, 1.165) is 28.6 Å². The molecule has 2 aromatic carbocycles. The lowest BCUT2D eigenvalue weighted by Gasteiger charge is -2.02. The Bertz CT molecular complexity index is 607. The second-order valence-electron chi connectivity index (χ2n) is 4.60. The summed E-state index contributed by atoms with van der Waals surface area (Å²) in [7, 11) is 0. The van der Waals surface area contributed by atoms with Crippen LogP contribution in [0.1, 0.15) is 23.1 Å². The normalized spacial score (nSPS) is 15.5. The SMILES string of the molecule is Brc1ccc2c(c1)CCC2=NOCc1ccccc1. The first-order chi connectivity index (χ1) is 9.33. The lowest BCUT2D eigenvalue weighted by Crippen LogP contribution is -1.96. The number of halogens is 1. The average Bonchev–Trinajstić information content (AvgIpc) is 2.82. The predicted molar refractivity (Wildman–Crippen MR) is 80.2 cm³/mol. The number of oxime groups is 1. The van der Waals surface area contributed by atoms with Crippen LogP contribution < -0.4 is 0 Å². The van der Waals surface area contributed by atoms with E-state index >= 15 is 0 Å². The van der Waals surface area contributed by atoms with Crippen molar-refractivity contribution < 1.29 is 4.84 Å². The van der Waals surface area contributed by atoms with Crippen LogP contribution in [0.5, 0.6) is 0 Å². The highest BCUT2D eigenvalue weighted by Crippen LogP contribution is 2.26. The first kappa shape index (κ1) is 12.4. The molecule has 0 heterocycles. The minimum absolute atomic E-state index is 0.524. The number of nitrogens with zero attached hydrogens (tertiary/aromatic N) is 1. The molecule has 2 nitrogen and oxygen atoms in total. The van der Waals surface area contributed by atoms with Gasteiger partial charge in [0.15, 0.2) is 0 Å². The van der Waals surface area contributed by atoms with Crippen LogP contribution in [-0.2, 0) is 17.9 Å². The first-order valence-corrected chi connectivity index (χ1v) is 7.14. The van der Waals surface area contributed by atoms with Crippen LogP contribution in [0.2, 0.25) is 0 Å². The summed E-state index contributed by atoms with van der Waals surface area (Å²) in [6, 6.07) is 16.4. The molecule has 3 rings (SSSR count). The van der Waals surface area contributed by atoms with Gasteiger partial charge in [-0.2, -0.15) is 0 Å². The van der Waals surface area contributed by atoms with Crippen molar-refractivity contribution in [3.05, 3.63) is 69.7 Å². The fourth-order valence-electron chi connectivity index (χ4n) is 2.29. The third-order valence-electron chi connectivity index (χ3n) is 3.26. The number of benzene rings is 2. The van der Waals surface area contributed by atoms with E-state index in [9.17, 15) is 0 Å². The summed E-state index contributed by atoms with van der Waals surface area (Å²) in [4.78, 5) is 5.47. The molecule has 0 saturated heterocycles. The van der Waals surface area contributed by atoms with E-state index in [1.807, 2.05) is 30.3 Å². The molecule has 0 N–H and O–H groups in total. The highest BCUT2D eigenvalue weighted by atomic mass is 79.9.